The van der Waals surface area contributed by atoms with Crippen LogP contribution in [-0.2, 0) is 10.0 Å². The Hall–Kier alpha value is -0.920. The van der Waals surface area contributed by atoms with Gasteiger partial charge in [0.15, 0.2) is 0 Å². The number of hydrogen-bond donors (Lipinski definition) is 1. The Labute approximate surface area is 117 Å². The van der Waals surface area contributed by atoms with E-state index in [-0.39, 0.29) is 17.7 Å². The average Bonchev–Trinajstić information content (AvgIpc) is 2.93. The molecule has 1 aromatic rings. The second-order valence-corrected chi connectivity index (χ2v) is 7.73. The summed E-state index contributed by atoms with van der Waals surface area (Å²) in [7, 11) is -3.09. The maximum absolute atomic E-state index is 11.9. The highest BCUT2D eigenvalue weighted by Gasteiger charge is 2.27. The highest BCUT2D eigenvalue weighted by atomic mass is 32.2. The van der Waals surface area contributed by atoms with Crippen molar-refractivity contribution < 1.29 is 13.2 Å². The molecule has 19 heavy (non-hydrogen) atoms. The van der Waals surface area contributed by atoms with Crippen molar-refractivity contribution in [1.29, 1.82) is 0 Å². The van der Waals surface area contributed by atoms with E-state index < -0.39 is 10.0 Å². The van der Waals surface area contributed by atoms with Gasteiger partial charge in [-0.15, -0.1) is 11.3 Å². The lowest BCUT2D eigenvalue weighted by Gasteiger charge is -2.31. The molecular formula is C12H18N2O3S2. The smallest absolute Gasteiger partial charge is 0.261 e. The van der Waals surface area contributed by atoms with Crippen molar-refractivity contribution in [3.63, 3.8) is 0 Å². The van der Waals surface area contributed by atoms with Gasteiger partial charge in [-0.1, -0.05) is 6.07 Å². The van der Waals surface area contributed by atoms with Gasteiger partial charge in [-0.3, -0.25) is 4.79 Å². The zero-order valence-corrected chi connectivity index (χ0v) is 12.5. The molecule has 1 amide bonds. The molecular weight excluding hydrogens is 284 g/mol. The number of carbonyl (C=O) groups excluding carboxylic acids is 1. The van der Waals surface area contributed by atoms with E-state index in [9.17, 15) is 13.2 Å². The van der Waals surface area contributed by atoms with Gasteiger partial charge in [0.2, 0.25) is 10.0 Å². The Balaban J connectivity index is 1.86. The van der Waals surface area contributed by atoms with E-state index in [1.807, 2.05) is 11.4 Å². The maximum Gasteiger partial charge on any atom is 0.261 e. The summed E-state index contributed by atoms with van der Waals surface area (Å²) in [6.07, 6.45) is 1.35. The number of carbonyl (C=O) groups is 1. The molecule has 1 N–H and O–H groups in total. The first-order chi connectivity index (χ1) is 9.03. The first kappa shape index (κ1) is 14.5. The summed E-state index contributed by atoms with van der Waals surface area (Å²) in [5, 5.41) is 4.83. The number of nitrogens with zero attached hydrogens (tertiary/aromatic N) is 1. The van der Waals surface area contributed by atoms with Gasteiger partial charge in [-0.2, -0.15) is 0 Å². The first-order valence-electron chi connectivity index (χ1n) is 6.35. The molecule has 0 spiro atoms. The number of rotatable bonds is 4. The molecule has 1 aromatic heterocycles. The van der Waals surface area contributed by atoms with Crippen LogP contribution in [0.4, 0.5) is 0 Å². The molecule has 1 aliphatic heterocycles. The number of nitrogens with one attached hydrogen (secondary N) is 1. The van der Waals surface area contributed by atoms with Crippen LogP contribution < -0.4 is 5.32 Å². The van der Waals surface area contributed by atoms with E-state index in [1.54, 1.807) is 13.0 Å². The third-order valence-electron chi connectivity index (χ3n) is 3.29. The summed E-state index contributed by atoms with van der Waals surface area (Å²) in [4.78, 5) is 12.6. The molecule has 0 aromatic carbocycles. The third kappa shape index (κ3) is 3.55. The van der Waals surface area contributed by atoms with Gasteiger partial charge >= 0.3 is 0 Å². The Morgan fingerprint density at radius 1 is 1.47 bits per heavy atom. The molecule has 0 bridgehead atoms. The van der Waals surface area contributed by atoms with Gasteiger partial charge in [0.05, 0.1) is 10.6 Å². The lowest BCUT2D eigenvalue weighted by molar-refractivity contribution is 0.0928. The molecule has 2 heterocycles. The molecule has 0 unspecified atom stereocenters. The second-order valence-electron chi connectivity index (χ2n) is 4.52. The van der Waals surface area contributed by atoms with E-state index in [1.165, 1.54) is 15.6 Å². The molecule has 106 valence electrons. The minimum atomic E-state index is -3.09. The standard InChI is InChI=1S/C12H18N2O3S2/c1-2-19(16,17)14-7-5-10(6-8-14)13-12(15)11-4-3-9-18-11/h3-4,9-10H,2,5-8H2,1H3,(H,13,15). The SMILES string of the molecule is CCS(=O)(=O)N1CCC(NC(=O)c2cccs2)CC1. The van der Waals surface area contributed by atoms with E-state index in [4.69, 9.17) is 0 Å². The van der Waals surface area contributed by atoms with Crippen molar-refractivity contribution >= 4 is 27.3 Å². The van der Waals surface area contributed by atoms with Crippen LogP contribution in [-0.4, -0.2) is 43.5 Å². The highest BCUT2D eigenvalue weighted by Crippen LogP contribution is 2.16. The predicted molar refractivity (Wildman–Crippen MR) is 75.8 cm³/mol. The maximum atomic E-state index is 11.9. The van der Waals surface area contributed by atoms with Crippen LogP contribution in [0.25, 0.3) is 0 Å². The largest absolute Gasteiger partial charge is 0.349 e. The molecule has 5 nitrogen and oxygen atoms in total. The van der Waals surface area contributed by atoms with Gasteiger partial charge in [0.25, 0.3) is 5.91 Å². The summed E-state index contributed by atoms with van der Waals surface area (Å²) < 4.78 is 24.9. The van der Waals surface area contributed by atoms with Crippen LogP contribution in [0.15, 0.2) is 17.5 Å². The third-order valence-corrected chi connectivity index (χ3v) is 6.04. The monoisotopic (exact) mass is 302 g/mol. The van der Waals surface area contributed by atoms with E-state index in [0.29, 0.717) is 30.8 Å². The molecule has 1 aliphatic rings. The van der Waals surface area contributed by atoms with Crippen molar-refractivity contribution in [3.8, 4) is 0 Å². The van der Waals surface area contributed by atoms with Crippen molar-refractivity contribution in [2.45, 2.75) is 25.8 Å². The lowest BCUT2D eigenvalue weighted by atomic mass is 10.1. The Morgan fingerprint density at radius 3 is 2.68 bits per heavy atom. The molecule has 0 atom stereocenters. The average molecular weight is 302 g/mol. The summed E-state index contributed by atoms with van der Waals surface area (Å²) in [5.41, 5.74) is 0. The fourth-order valence-electron chi connectivity index (χ4n) is 2.13. The van der Waals surface area contributed by atoms with Crippen LogP contribution >= 0.6 is 11.3 Å². The zero-order valence-electron chi connectivity index (χ0n) is 10.8. The molecule has 0 aliphatic carbocycles. The minimum absolute atomic E-state index is 0.0631. The summed E-state index contributed by atoms with van der Waals surface area (Å²) in [5.74, 6) is 0.0750. The summed E-state index contributed by atoms with van der Waals surface area (Å²) in [6, 6.07) is 3.70. The molecule has 1 fully saturated rings. The Kier molecular flexibility index (Phi) is 4.59. The van der Waals surface area contributed by atoms with E-state index in [2.05, 4.69) is 5.32 Å². The van der Waals surface area contributed by atoms with Gasteiger partial charge in [-0.05, 0) is 31.2 Å². The fourth-order valence-corrected chi connectivity index (χ4v) is 3.88. The first-order valence-corrected chi connectivity index (χ1v) is 8.84. The lowest BCUT2D eigenvalue weighted by Crippen LogP contribution is -2.46. The van der Waals surface area contributed by atoms with Crippen LogP contribution in [0, 0.1) is 0 Å². The number of hydrogen-bond acceptors (Lipinski definition) is 4. The van der Waals surface area contributed by atoms with Crippen molar-refractivity contribution in [1.82, 2.24) is 9.62 Å². The molecule has 2 rings (SSSR count). The van der Waals surface area contributed by atoms with E-state index >= 15 is 0 Å². The summed E-state index contributed by atoms with van der Waals surface area (Å²) >= 11 is 1.41. The highest BCUT2D eigenvalue weighted by molar-refractivity contribution is 7.89. The van der Waals surface area contributed by atoms with Gasteiger partial charge < -0.3 is 5.32 Å². The molecule has 1 saturated heterocycles. The predicted octanol–water partition coefficient (Wildman–Crippen LogP) is 1.29. The minimum Gasteiger partial charge on any atom is -0.349 e. The molecule has 0 radical (unpaired) electrons. The topological polar surface area (TPSA) is 66.5 Å². The van der Waals surface area contributed by atoms with Gasteiger partial charge in [0.1, 0.15) is 0 Å². The molecule has 7 heteroatoms. The number of amides is 1. The van der Waals surface area contributed by atoms with E-state index in [0.717, 1.165) is 0 Å². The van der Waals surface area contributed by atoms with Crippen LogP contribution in [0.1, 0.15) is 29.4 Å². The Bertz CT molecular complexity index is 517. The quantitative estimate of drug-likeness (QED) is 0.911. The summed E-state index contributed by atoms with van der Waals surface area (Å²) in [6.45, 7) is 2.64. The Morgan fingerprint density at radius 2 is 2.16 bits per heavy atom. The van der Waals surface area contributed by atoms with Crippen molar-refractivity contribution in [2.75, 3.05) is 18.8 Å². The van der Waals surface area contributed by atoms with Crippen LogP contribution in [0.2, 0.25) is 0 Å². The van der Waals surface area contributed by atoms with Gasteiger partial charge in [0, 0.05) is 19.1 Å². The number of thiophene rings is 1. The number of sulfonamides is 1. The number of piperidine rings is 1. The van der Waals surface area contributed by atoms with Crippen molar-refractivity contribution in [3.05, 3.63) is 22.4 Å². The van der Waals surface area contributed by atoms with Crippen LogP contribution in [0.5, 0.6) is 0 Å². The second kappa shape index (κ2) is 6.02. The van der Waals surface area contributed by atoms with Gasteiger partial charge in [-0.25, -0.2) is 12.7 Å². The van der Waals surface area contributed by atoms with Crippen LogP contribution in [0.3, 0.4) is 0 Å². The zero-order chi connectivity index (χ0) is 13.9. The normalized spacial score (nSPS) is 18.4. The van der Waals surface area contributed by atoms with Crippen molar-refractivity contribution in [2.24, 2.45) is 0 Å². The fraction of sp³-hybridized carbons (Fsp3) is 0.583. The molecule has 0 saturated carbocycles.